The molecule has 2 N–H and O–H groups in total. The van der Waals surface area contributed by atoms with Crippen molar-refractivity contribution in [1.82, 2.24) is 4.98 Å². The SMILES string of the molecule is COc1cc(C#N)c(N)cn1. The number of nitriles is 1. The van der Waals surface area contributed by atoms with Crippen molar-refractivity contribution in [1.29, 1.82) is 5.26 Å². The summed E-state index contributed by atoms with van der Waals surface area (Å²) in [6.07, 6.45) is 1.40. The number of methoxy groups -OCH3 is 1. The van der Waals surface area contributed by atoms with Crippen LogP contribution in [0.2, 0.25) is 0 Å². The maximum atomic E-state index is 8.53. The monoisotopic (exact) mass is 149 g/mol. The number of nitrogen functional groups attached to an aromatic ring is 1. The van der Waals surface area contributed by atoms with Gasteiger partial charge in [0.05, 0.1) is 24.6 Å². The molecule has 0 aliphatic heterocycles. The van der Waals surface area contributed by atoms with Crippen LogP contribution >= 0.6 is 0 Å². The Balaban J connectivity index is 3.15. The van der Waals surface area contributed by atoms with Crippen LogP contribution in [0.25, 0.3) is 0 Å². The van der Waals surface area contributed by atoms with Gasteiger partial charge in [-0.25, -0.2) is 4.98 Å². The lowest BCUT2D eigenvalue weighted by atomic mass is 10.2. The summed E-state index contributed by atoms with van der Waals surface area (Å²) < 4.78 is 4.79. The molecule has 0 aliphatic rings. The van der Waals surface area contributed by atoms with Gasteiger partial charge in [-0.05, 0) is 0 Å². The minimum atomic E-state index is 0.369. The summed E-state index contributed by atoms with van der Waals surface area (Å²) in [4.78, 5) is 3.81. The Kier molecular flexibility index (Phi) is 1.93. The summed E-state index contributed by atoms with van der Waals surface area (Å²) >= 11 is 0. The van der Waals surface area contributed by atoms with Crippen molar-refractivity contribution in [2.45, 2.75) is 0 Å². The molecule has 56 valence electrons. The van der Waals surface area contributed by atoms with E-state index in [1.165, 1.54) is 19.4 Å². The molecule has 4 heteroatoms. The van der Waals surface area contributed by atoms with Gasteiger partial charge in [-0.1, -0.05) is 0 Å². The average molecular weight is 149 g/mol. The first-order valence-electron chi connectivity index (χ1n) is 2.97. The average Bonchev–Trinajstić information content (AvgIpc) is 2.05. The lowest BCUT2D eigenvalue weighted by molar-refractivity contribution is 0.398. The topological polar surface area (TPSA) is 71.9 Å². The highest BCUT2D eigenvalue weighted by Crippen LogP contribution is 2.14. The normalized spacial score (nSPS) is 8.73. The maximum Gasteiger partial charge on any atom is 0.214 e. The van der Waals surface area contributed by atoms with Gasteiger partial charge < -0.3 is 10.5 Å². The molecule has 0 saturated heterocycles. The first-order chi connectivity index (χ1) is 5.27. The number of hydrogen-bond donors (Lipinski definition) is 1. The Labute approximate surface area is 64.2 Å². The molecular formula is C7H7N3O. The van der Waals surface area contributed by atoms with Gasteiger partial charge in [0, 0.05) is 6.07 Å². The second-order valence-corrected chi connectivity index (χ2v) is 1.93. The lowest BCUT2D eigenvalue weighted by Crippen LogP contribution is -1.94. The van der Waals surface area contributed by atoms with Gasteiger partial charge in [0.1, 0.15) is 6.07 Å². The highest BCUT2D eigenvalue weighted by atomic mass is 16.5. The highest BCUT2D eigenvalue weighted by molar-refractivity contribution is 5.53. The molecular weight excluding hydrogens is 142 g/mol. The molecule has 0 bridgehead atoms. The van der Waals surface area contributed by atoms with Gasteiger partial charge >= 0.3 is 0 Å². The number of ether oxygens (including phenoxy) is 1. The number of pyridine rings is 1. The summed E-state index contributed by atoms with van der Waals surface area (Å²) in [6, 6.07) is 3.42. The minimum absolute atomic E-state index is 0.369. The zero-order valence-electron chi connectivity index (χ0n) is 6.03. The van der Waals surface area contributed by atoms with Crippen LogP contribution in [-0.4, -0.2) is 12.1 Å². The molecule has 4 nitrogen and oxygen atoms in total. The molecule has 0 fully saturated rings. The molecule has 0 atom stereocenters. The molecule has 0 spiro atoms. The molecule has 1 aromatic heterocycles. The molecule has 1 heterocycles. The summed E-state index contributed by atoms with van der Waals surface area (Å²) in [5, 5.41) is 8.53. The van der Waals surface area contributed by atoms with Crippen LogP contribution in [-0.2, 0) is 0 Å². The molecule has 1 aromatic rings. The van der Waals surface area contributed by atoms with E-state index < -0.39 is 0 Å². The summed E-state index contributed by atoms with van der Waals surface area (Å²) in [7, 11) is 1.49. The minimum Gasteiger partial charge on any atom is -0.481 e. The van der Waals surface area contributed by atoms with E-state index in [4.69, 9.17) is 15.7 Å². The first-order valence-corrected chi connectivity index (χ1v) is 2.97. The maximum absolute atomic E-state index is 8.53. The van der Waals surface area contributed by atoms with Gasteiger partial charge in [0.15, 0.2) is 0 Å². The number of nitrogens with zero attached hydrogens (tertiary/aromatic N) is 2. The van der Waals surface area contributed by atoms with E-state index in [9.17, 15) is 0 Å². The van der Waals surface area contributed by atoms with E-state index >= 15 is 0 Å². The van der Waals surface area contributed by atoms with Crippen molar-refractivity contribution >= 4 is 5.69 Å². The van der Waals surface area contributed by atoms with Crippen molar-refractivity contribution in [3.05, 3.63) is 17.8 Å². The van der Waals surface area contributed by atoms with E-state index in [-0.39, 0.29) is 0 Å². The number of rotatable bonds is 1. The van der Waals surface area contributed by atoms with Crippen LogP contribution in [0, 0.1) is 11.3 Å². The number of nitrogens with two attached hydrogens (primary N) is 1. The third-order valence-electron chi connectivity index (χ3n) is 1.24. The smallest absolute Gasteiger partial charge is 0.214 e. The predicted octanol–water partition coefficient (Wildman–Crippen LogP) is 0.544. The Hall–Kier alpha value is -1.76. The summed E-state index contributed by atoms with van der Waals surface area (Å²) in [6.45, 7) is 0. The van der Waals surface area contributed by atoms with Gasteiger partial charge in [-0.3, -0.25) is 0 Å². The molecule has 0 amide bonds. The van der Waals surface area contributed by atoms with Crippen LogP contribution in [0.4, 0.5) is 5.69 Å². The van der Waals surface area contributed by atoms with Gasteiger partial charge in [0.2, 0.25) is 5.88 Å². The van der Waals surface area contributed by atoms with Crippen molar-refractivity contribution in [2.75, 3.05) is 12.8 Å². The number of hydrogen-bond acceptors (Lipinski definition) is 4. The quantitative estimate of drug-likeness (QED) is 0.632. The second-order valence-electron chi connectivity index (χ2n) is 1.93. The second kappa shape index (κ2) is 2.88. The van der Waals surface area contributed by atoms with Crippen LogP contribution < -0.4 is 10.5 Å². The van der Waals surface area contributed by atoms with E-state index in [0.717, 1.165) is 0 Å². The van der Waals surface area contributed by atoms with Gasteiger partial charge in [-0.2, -0.15) is 5.26 Å². The predicted molar refractivity (Wildman–Crippen MR) is 39.9 cm³/mol. The Morgan fingerprint density at radius 2 is 2.45 bits per heavy atom. The fourth-order valence-corrected chi connectivity index (χ4v) is 0.655. The third kappa shape index (κ3) is 1.38. The third-order valence-corrected chi connectivity index (χ3v) is 1.24. The van der Waals surface area contributed by atoms with Crippen LogP contribution in [0.3, 0.4) is 0 Å². The van der Waals surface area contributed by atoms with Crippen molar-refractivity contribution in [3.63, 3.8) is 0 Å². The lowest BCUT2D eigenvalue weighted by Gasteiger charge is -1.99. The Morgan fingerprint density at radius 1 is 1.73 bits per heavy atom. The summed E-state index contributed by atoms with van der Waals surface area (Å²) in [5.74, 6) is 0.399. The van der Waals surface area contributed by atoms with Gasteiger partial charge in [0.25, 0.3) is 0 Å². The standard InChI is InChI=1S/C7H7N3O/c1-11-7-2-5(3-8)6(9)4-10-7/h2,4H,9H2,1H3. The fraction of sp³-hybridized carbons (Fsp3) is 0.143. The fourth-order valence-electron chi connectivity index (χ4n) is 0.655. The van der Waals surface area contributed by atoms with E-state index in [1.54, 1.807) is 0 Å². The highest BCUT2D eigenvalue weighted by Gasteiger charge is 1.99. The molecule has 0 saturated carbocycles. The van der Waals surface area contributed by atoms with Crippen molar-refractivity contribution in [2.24, 2.45) is 0 Å². The Bertz CT molecular complexity index is 303. The van der Waals surface area contributed by atoms with Gasteiger partial charge in [-0.15, -0.1) is 0 Å². The number of anilines is 1. The summed E-state index contributed by atoms with van der Waals surface area (Å²) in [5.41, 5.74) is 6.17. The van der Waals surface area contributed by atoms with Crippen LogP contribution in [0.1, 0.15) is 5.56 Å². The van der Waals surface area contributed by atoms with Crippen LogP contribution in [0.5, 0.6) is 5.88 Å². The Morgan fingerprint density at radius 3 is 3.00 bits per heavy atom. The van der Waals surface area contributed by atoms with E-state index in [0.29, 0.717) is 17.1 Å². The van der Waals surface area contributed by atoms with Crippen LogP contribution in [0.15, 0.2) is 12.3 Å². The molecule has 0 aliphatic carbocycles. The number of aromatic nitrogens is 1. The molecule has 0 radical (unpaired) electrons. The van der Waals surface area contributed by atoms with E-state index in [2.05, 4.69) is 4.98 Å². The molecule has 11 heavy (non-hydrogen) atoms. The molecule has 0 unspecified atom stereocenters. The molecule has 1 rings (SSSR count). The largest absolute Gasteiger partial charge is 0.481 e. The zero-order valence-corrected chi connectivity index (χ0v) is 6.03. The zero-order chi connectivity index (χ0) is 8.27. The van der Waals surface area contributed by atoms with Crippen molar-refractivity contribution in [3.8, 4) is 11.9 Å². The van der Waals surface area contributed by atoms with Crippen molar-refractivity contribution < 1.29 is 4.74 Å². The van der Waals surface area contributed by atoms with E-state index in [1.807, 2.05) is 6.07 Å². The molecule has 0 aromatic carbocycles. The first kappa shape index (κ1) is 7.35.